The van der Waals surface area contributed by atoms with Gasteiger partial charge in [0.05, 0.1) is 0 Å². The van der Waals surface area contributed by atoms with Crippen LogP contribution in [0.3, 0.4) is 0 Å². The van der Waals surface area contributed by atoms with Crippen LogP contribution in [0.25, 0.3) is 0 Å². The third-order valence-electron chi connectivity index (χ3n) is 0. The van der Waals surface area contributed by atoms with Crippen molar-refractivity contribution in [2.45, 2.75) is 0 Å². The molecule has 0 amide bonds. The molecule has 4 N–H and O–H groups in total. The van der Waals surface area contributed by atoms with Gasteiger partial charge in [0.25, 0.3) is 0 Å². The summed E-state index contributed by atoms with van der Waals surface area (Å²) < 4.78 is 0. The maximum Gasteiger partial charge on any atom is -1.00 e. The van der Waals surface area contributed by atoms with E-state index in [9.17, 15) is 0 Å². The molecule has 0 rings (SSSR count). The zero-order chi connectivity index (χ0) is 4.50. The molecule has 0 spiro atoms. The van der Waals surface area contributed by atoms with Crippen LogP contribution in [0, 0.1) is 49.4 Å². The van der Waals surface area contributed by atoms with Gasteiger partial charge in [-0.05, 0) is 0 Å². The van der Waals surface area contributed by atoms with Crippen molar-refractivity contribution in [3.05, 3.63) is 0 Å². The minimum atomic E-state index is -4.61. The van der Waals surface area contributed by atoms with E-state index in [1.807, 2.05) is 0 Å². The number of hydrogen-bond donors (Lipinski definition) is 4. The Morgan fingerprint density at radius 2 is 1.00 bits per heavy atom. The molecule has 0 saturated heterocycles. The Morgan fingerprint density at radius 3 is 1.00 bits per heavy atom. The predicted octanol–water partition coefficient (Wildman–Crippen LogP) is -5.40. The Balaban J connectivity index is -0.00000000533. The maximum atomic E-state index is 7.33. The van der Waals surface area contributed by atoms with Gasteiger partial charge in [-0.3, -0.25) is 0 Å². The molecule has 1 radical (unpaired) electrons. The summed E-state index contributed by atoms with van der Waals surface area (Å²) in [6.45, 7) is 0. The molecule has 0 bridgehead atoms. The van der Waals surface area contributed by atoms with E-state index in [2.05, 4.69) is 0 Å². The summed E-state index contributed by atoms with van der Waals surface area (Å²) in [5.74, 6) is 0. The van der Waals surface area contributed by atoms with Gasteiger partial charge >= 0.3 is 84.2 Å². The summed E-state index contributed by atoms with van der Waals surface area (Å²) in [4.78, 5) is 29.3. The molecule has 0 aliphatic rings. The standard InChI is InChI=1S/Ca.Eu.Ga.GeH4.H4O4Si.5H/c;;;;1-5(2,3)4;;;;;/h;;;1H4;1-4H;;;;;/q+2;;;;;;;;2*-1. The van der Waals surface area contributed by atoms with Gasteiger partial charge in [0.1, 0.15) is 0 Å². The fraction of sp³-hybridized carbons (Fsp3) is 0. The van der Waals surface area contributed by atoms with Crippen molar-refractivity contribution in [3.8, 4) is 0 Å². The fourth-order valence-electron chi connectivity index (χ4n) is 0. The summed E-state index contributed by atoms with van der Waals surface area (Å²) in [5, 5.41) is 0. The van der Waals surface area contributed by atoms with Gasteiger partial charge in [-0.1, -0.05) is 0 Å². The van der Waals surface area contributed by atoms with E-state index in [0.717, 1.165) is 0 Å². The van der Waals surface area contributed by atoms with Crippen molar-refractivity contribution in [2.24, 2.45) is 0 Å². The van der Waals surface area contributed by atoms with Crippen LogP contribution < -0.4 is 0 Å². The van der Waals surface area contributed by atoms with E-state index in [1.165, 1.54) is 0 Å². The molecule has 0 aromatic carbocycles. The second kappa shape index (κ2) is 14.6. The smallest absolute Gasteiger partial charge is 1.00 e. The first-order valence-corrected chi connectivity index (χ1v) is 2.68. The van der Waals surface area contributed by atoms with Gasteiger partial charge in [0, 0.05) is 49.4 Å². The number of hydrogen-bond acceptors (Lipinski definition) is 4. The molecule has 0 fully saturated rings. The fourth-order valence-corrected chi connectivity index (χ4v) is 0. The molecule has 57 valence electrons. The molecule has 0 aliphatic heterocycles. The quantitative estimate of drug-likeness (QED) is 0.284. The van der Waals surface area contributed by atoms with Crippen molar-refractivity contribution in [2.75, 3.05) is 0 Å². The van der Waals surface area contributed by atoms with Crippen LogP contribution in [-0.4, -0.2) is 103 Å². The Morgan fingerprint density at radius 1 is 1.00 bits per heavy atom. The maximum absolute atomic E-state index is 7.33. The van der Waals surface area contributed by atoms with Crippen LogP contribution >= 0.6 is 0 Å². The molecule has 4 nitrogen and oxygen atoms in total. The monoisotopic (exact) mass is 441 g/mol. The second-order valence-electron chi connectivity index (χ2n) is 0.600. The number of rotatable bonds is 0. The minimum Gasteiger partial charge on any atom is -1.00 e. The molecule has 0 aliphatic carbocycles. The molecule has 0 saturated carbocycles. The summed E-state index contributed by atoms with van der Waals surface area (Å²) >= 11 is 0. The van der Waals surface area contributed by atoms with Gasteiger partial charge in [-0.2, -0.15) is 0 Å². The van der Waals surface area contributed by atoms with Crippen molar-refractivity contribution < 1.29 is 71.4 Å². The van der Waals surface area contributed by atoms with Crippen LogP contribution in [-0.2, 0) is 0 Å². The molecule has 0 heterocycles. The first-order chi connectivity index (χ1) is 2.00. The summed E-state index contributed by atoms with van der Waals surface area (Å²) in [7, 11) is -4.61. The van der Waals surface area contributed by atoms with Crippen LogP contribution in [0.4, 0.5) is 0 Å². The van der Waals surface area contributed by atoms with E-state index in [4.69, 9.17) is 19.2 Å². The zero-order valence-corrected chi connectivity index (χ0v) is 9.01. The molecule has 0 aromatic rings. The Kier molecular flexibility index (Phi) is 47.4. The van der Waals surface area contributed by atoms with E-state index >= 15 is 0 Å². The second-order valence-corrected chi connectivity index (χ2v) is 1.80. The van der Waals surface area contributed by atoms with Gasteiger partial charge < -0.3 is 22.0 Å². The Bertz CT molecular complexity index is 43.6. The molecule has 9 heteroatoms. The average Bonchev–Trinajstić information content (AvgIpc) is 0.722. The topological polar surface area (TPSA) is 80.9 Å². The van der Waals surface area contributed by atoms with Gasteiger partial charge in [0.15, 0.2) is 0 Å². The van der Waals surface area contributed by atoms with Crippen molar-refractivity contribution in [1.29, 1.82) is 0 Å². The SMILES string of the molecule is O[Si](O)(O)O.[Ca+2].[Eu].[GaH3].[GeH4].[H-].[H-]. The first kappa shape index (κ1) is 29.2. The zero-order valence-electron chi connectivity index (χ0n) is 5.37. The summed E-state index contributed by atoms with van der Waals surface area (Å²) in [6.07, 6.45) is 0. The molecule has 0 unspecified atom stereocenters. The average molecular weight is 440 g/mol. The first-order valence-electron chi connectivity index (χ1n) is 0.894. The van der Waals surface area contributed by atoms with Gasteiger partial charge in [-0.25, -0.2) is 0 Å². The predicted molar refractivity (Wildman–Crippen MR) is 43.9 cm³/mol. The van der Waals surface area contributed by atoms with Crippen molar-refractivity contribution >= 4 is 84.2 Å². The van der Waals surface area contributed by atoms with Crippen LogP contribution in [0.5, 0.6) is 0 Å². The van der Waals surface area contributed by atoms with E-state index in [-0.39, 0.29) is 127 Å². The van der Waals surface area contributed by atoms with Gasteiger partial charge in [0.2, 0.25) is 0 Å². The Hall–Kier alpha value is 4.08. The van der Waals surface area contributed by atoms with Crippen molar-refractivity contribution in [1.82, 2.24) is 0 Å². The molecule has 9 heavy (non-hydrogen) atoms. The third-order valence-corrected chi connectivity index (χ3v) is 0. The third kappa shape index (κ3) is 73.7. The van der Waals surface area contributed by atoms with Crippen LogP contribution in [0.1, 0.15) is 2.85 Å². The molecule has 0 aromatic heterocycles. The largest absolute Gasteiger partial charge is 1.00 e. The molecule has 0 atom stereocenters. The minimum absolute atomic E-state index is 0. The van der Waals surface area contributed by atoms with E-state index < -0.39 is 9.05 Å². The Labute approximate surface area is 152 Å². The molecular weight excluding hydrogens is 426 g/mol. The van der Waals surface area contributed by atoms with E-state index in [0.29, 0.717) is 0 Å². The van der Waals surface area contributed by atoms with Gasteiger partial charge in [-0.15, -0.1) is 0 Å². The normalized spacial score (nSPS) is 6.67. The molecular formula is H13CaEuGaGeO4Si. The summed E-state index contributed by atoms with van der Waals surface area (Å²) in [5.41, 5.74) is 0. The van der Waals surface area contributed by atoms with Crippen LogP contribution in [0.2, 0.25) is 0 Å². The van der Waals surface area contributed by atoms with Crippen molar-refractivity contribution in [3.63, 3.8) is 0 Å². The van der Waals surface area contributed by atoms with E-state index in [1.54, 1.807) is 0 Å². The van der Waals surface area contributed by atoms with Crippen LogP contribution in [0.15, 0.2) is 0 Å². The summed E-state index contributed by atoms with van der Waals surface area (Å²) in [6, 6.07) is 0.